The first-order valence-corrected chi connectivity index (χ1v) is 10.1. The van der Waals surface area contributed by atoms with E-state index in [9.17, 15) is 22.8 Å². The number of amides is 1. The maximum Gasteiger partial charge on any atom is 0.522 e. The number of alkyl halides is 3. The molecule has 8 nitrogen and oxygen atoms in total. The van der Waals surface area contributed by atoms with Gasteiger partial charge in [-0.1, -0.05) is 32.0 Å². The van der Waals surface area contributed by atoms with Crippen molar-refractivity contribution in [2.24, 2.45) is 5.92 Å². The second-order valence-electron chi connectivity index (χ2n) is 7.28. The van der Waals surface area contributed by atoms with Crippen LogP contribution >= 0.6 is 0 Å². The summed E-state index contributed by atoms with van der Waals surface area (Å²) < 4.78 is 53.1. The number of aromatic nitrogens is 2. The lowest BCUT2D eigenvalue weighted by Gasteiger charge is -2.23. The van der Waals surface area contributed by atoms with Crippen molar-refractivity contribution >= 4 is 11.7 Å². The normalized spacial score (nSPS) is 23.3. The van der Waals surface area contributed by atoms with Gasteiger partial charge in [-0.3, -0.25) is 14.1 Å². The molecule has 0 radical (unpaired) electrons. The summed E-state index contributed by atoms with van der Waals surface area (Å²) in [5, 5.41) is 2.55. The molecule has 0 bridgehead atoms. The minimum atomic E-state index is -4.74. The molecule has 32 heavy (non-hydrogen) atoms. The molecule has 1 aromatic carbocycles. The third-order valence-electron chi connectivity index (χ3n) is 5.14. The van der Waals surface area contributed by atoms with E-state index in [2.05, 4.69) is 15.0 Å². The molecule has 3 rings (SSSR count). The van der Waals surface area contributed by atoms with Crippen molar-refractivity contribution in [1.29, 1.82) is 0 Å². The number of carbonyl (C=O) groups is 1. The van der Waals surface area contributed by atoms with E-state index in [1.807, 2.05) is 13.8 Å². The van der Waals surface area contributed by atoms with Gasteiger partial charge in [-0.2, -0.15) is 4.98 Å². The molecular weight excluding hydrogens is 431 g/mol. The number of nitrogens with zero attached hydrogens (tertiary/aromatic N) is 2. The molecule has 1 aromatic heterocycles. The number of hydrogen-bond acceptors (Lipinski definition) is 6. The zero-order valence-corrected chi connectivity index (χ0v) is 17.5. The van der Waals surface area contributed by atoms with Crippen molar-refractivity contribution in [2.45, 2.75) is 45.1 Å². The van der Waals surface area contributed by atoms with Crippen LogP contribution in [0.1, 0.15) is 36.9 Å². The highest BCUT2D eigenvalue weighted by Gasteiger charge is 2.43. The first-order valence-electron chi connectivity index (χ1n) is 10.1. The van der Waals surface area contributed by atoms with E-state index in [1.165, 1.54) is 16.8 Å². The van der Waals surface area contributed by atoms with Crippen LogP contribution in [0.2, 0.25) is 0 Å². The summed E-state index contributed by atoms with van der Waals surface area (Å²) in [5.74, 6) is -0.535. The fraction of sp³-hybridized carbons (Fsp3) is 0.476. The lowest BCUT2D eigenvalue weighted by molar-refractivity contribution is -0.328. The second-order valence-corrected chi connectivity index (χ2v) is 7.28. The maximum atomic E-state index is 12.6. The van der Waals surface area contributed by atoms with Crippen molar-refractivity contribution < 1.29 is 32.2 Å². The number of hydrogen-bond donors (Lipinski definition) is 1. The number of nitrogens with one attached hydrogen (secondary N) is 1. The van der Waals surface area contributed by atoms with Crippen LogP contribution in [0.5, 0.6) is 0 Å². The molecule has 11 heteroatoms. The Kier molecular flexibility index (Phi) is 7.64. The summed E-state index contributed by atoms with van der Waals surface area (Å²) in [4.78, 5) is 28.8. The second kappa shape index (κ2) is 10.2. The minimum absolute atomic E-state index is 0.0641. The summed E-state index contributed by atoms with van der Waals surface area (Å²) in [6.07, 6.45) is -4.51. The molecule has 0 spiro atoms. The van der Waals surface area contributed by atoms with Crippen molar-refractivity contribution in [2.75, 3.05) is 18.5 Å². The predicted octanol–water partition coefficient (Wildman–Crippen LogP) is 3.36. The van der Waals surface area contributed by atoms with Crippen LogP contribution in [-0.2, 0) is 14.2 Å². The average Bonchev–Trinajstić information content (AvgIpc) is 3.06. The van der Waals surface area contributed by atoms with Gasteiger partial charge < -0.3 is 14.8 Å². The topological polar surface area (TPSA) is 91.7 Å². The molecule has 2 aromatic rings. The molecule has 0 saturated carbocycles. The van der Waals surface area contributed by atoms with E-state index in [-0.39, 0.29) is 24.4 Å². The van der Waals surface area contributed by atoms with Gasteiger partial charge in [0.1, 0.15) is 11.9 Å². The van der Waals surface area contributed by atoms with Gasteiger partial charge in [0.05, 0.1) is 19.3 Å². The Morgan fingerprint density at radius 2 is 1.94 bits per heavy atom. The monoisotopic (exact) mass is 455 g/mol. The van der Waals surface area contributed by atoms with Gasteiger partial charge in [0.2, 0.25) is 0 Å². The molecule has 1 saturated heterocycles. The highest BCUT2D eigenvalue weighted by Crippen LogP contribution is 2.36. The Hall–Kier alpha value is -2.76. The standard InChI is InChI=1S/C21H24F3N3O5/c1-3-15-13(2)17(30-11-12-31-21(22,23)24)19(32-15)27-10-9-16(26-20(27)29)25-18(28)14-7-5-4-6-8-14/h4-10,13,15,17,19H,3,11-12H2,1-2H3,(H,25,26,28,29)/t13-,15-,17-,19-/m1/s1. The molecule has 174 valence electrons. The van der Waals surface area contributed by atoms with Gasteiger partial charge in [-0.05, 0) is 24.6 Å². The maximum absolute atomic E-state index is 12.6. The summed E-state index contributed by atoms with van der Waals surface area (Å²) >= 11 is 0. The Balaban J connectivity index is 1.72. The van der Waals surface area contributed by atoms with Gasteiger partial charge in [0, 0.05) is 17.7 Å². The lowest BCUT2D eigenvalue weighted by atomic mass is 9.98. The Bertz CT molecular complexity index is 967. The van der Waals surface area contributed by atoms with Crippen molar-refractivity contribution in [3.63, 3.8) is 0 Å². The third kappa shape index (κ3) is 5.93. The van der Waals surface area contributed by atoms with Crippen LogP contribution in [0.15, 0.2) is 47.4 Å². The van der Waals surface area contributed by atoms with Crippen molar-refractivity contribution in [1.82, 2.24) is 9.55 Å². The van der Waals surface area contributed by atoms with Crippen LogP contribution in [0.3, 0.4) is 0 Å². The number of halogens is 3. The zero-order chi connectivity index (χ0) is 23.3. The smallest absolute Gasteiger partial charge is 0.371 e. The third-order valence-corrected chi connectivity index (χ3v) is 5.14. The number of benzene rings is 1. The number of carbonyl (C=O) groups excluding carboxylic acids is 1. The number of anilines is 1. The first-order chi connectivity index (χ1) is 15.2. The van der Waals surface area contributed by atoms with Gasteiger partial charge in [0.25, 0.3) is 5.91 Å². The summed E-state index contributed by atoms with van der Waals surface area (Å²) in [7, 11) is 0. The largest absolute Gasteiger partial charge is 0.522 e. The molecule has 1 aliphatic rings. The van der Waals surface area contributed by atoms with Gasteiger partial charge in [-0.25, -0.2) is 4.79 Å². The van der Waals surface area contributed by atoms with Crippen LogP contribution in [-0.4, -0.2) is 47.2 Å². The number of rotatable bonds is 8. The quantitative estimate of drug-likeness (QED) is 0.614. The molecule has 1 fully saturated rings. The Labute approximate surface area is 182 Å². The first kappa shape index (κ1) is 23.9. The van der Waals surface area contributed by atoms with Crippen molar-refractivity contribution in [3.8, 4) is 0 Å². The van der Waals surface area contributed by atoms with Crippen molar-refractivity contribution in [3.05, 3.63) is 58.6 Å². The van der Waals surface area contributed by atoms with E-state index >= 15 is 0 Å². The van der Waals surface area contributed by atoms with Gasteiger partial charge in [-0.15, -0.1) is 13.2 Å². The Morgan fingerprint density at radius 3 is 2.56 bits per heavy atom. The van der Waals surface area contributed by atoms with Crippen LogP contribution in [0.25, 0.3) is 0 Å². The van der Waals surface area contributed by atoms with E-state index in [0.717, 1.165) is 0 Å². The average molecular weight is 455 g/mol. The summed E-state index contributed by atoms with van der Waals surface area (Å²) in [6.45, 7) is 2.75. The summed E-state index contributed by atoms with van der Waals surface area (Å²) in [5.41, 5.74) is -0.281. The zero-order valence-electron chi connectivity index (χ0n) is 17.5. The molecule has 0 unspecified atom stereocenters. The molecule has 2 heterocycles. The fourth-order valence-corrected chi connectivity index (χ4v) is 3.57. The molecule has 1 N–H and O–H groups in total. The van der Waals surface area contributed by atoms with Crippen LogP contribution in [0, 0.1) is 5.92 Å². The van der Waals surface area contributed by atoms with E-state index in [0.29, 0.717) is 12.0 Å². The van der Waals surface area contributed by atoms with E-state index < -0.39 is 36.9 Å². The molecule has 0 aliphatic carbocycles. The predicted molar refractivity (Wildman–Crippen MR) is 108 cm³/mol. The fourth-order valence-electron chi connectivity index (χ4n) is 3.57. The highest BCUT2D eigenvalue weighted by molar-refractivity contribution is 6.03. The molecular formula is C21H24F3N3O5. The van der Waals surface area contributed by atoms with E-state index in [4.69, 9.17) is 9.47 Å². The highest BCUT2D eigenvalue weighted by atomic mass is 19.4. The Morgan fingerprint density at radius 1 is 1.22 bits per heavy atom. The minimum Gasteiger partial charge on any atom is -0.371 e. The lowest BCUT2D eigenvalue weighted by Crippen LogP contribution is -2.35. The molecule has 4 atom stereocenters. The number of ether oxygens (including phenoxy) is 3. The SMILES string of the molecule is CC[C@H]1O[C@@H](n2ccc(NC(=O)c3ccccc3)nc2=O)[C@H](OCCOC(F)(F)F)[C@@H]1C. The van der Waals surface area contributed by atoms with Gasteiger partial charge >= 0.3 is 12.1 Å². The molecule has 1 aliphatic heterocycles. The summed E-state index contributed by atoms with van der Waals surface area (Å²) in [6, 6.07) is 9.89. The van der Waals surface area contributed by atoms with Crippen LogP contribution < -0.4 is 11.0 Å². The molecule has 1 amide bonds. The van der Waals surface area contributed by atoms with E-state index in [1.54, 1.807) is 30.3 Å². The van der Waals surface area contributed by atoms with Gasteiger partial charge in [0.15, 0.2) is 6.23 Å². The van der Waals surface area contributed by atoms with Crippen LogP contribution in [0.4, 0.5) is 19.0 Å².